The van der Waals surface area contributed by atoms with E-state index in [-0.39, 0.29) is 12.5 Å². The Morgan fingerprint density at radius 3 is 2.67 bits per heavy atom. The molecule has 0 aliphatic carbocycles. The summed E-state index contributed by atoms with van der Waals surface area (Å²) in [6.45, 7) is 3.84. The summed E-state index contributed by atoms with van der Waals surface area (Å²) >= 11 is 1.65. The topological polar surface area (TPSA) is 50.7 Å². The first-order chi connectivity index (χ1) is 11.6. The highest BCUT2D eigenvalue weighted by molar-refractivity contribution is 7.14. The average Bonchev–Trinajstić information content (AvgIpc) is 3.04. The molecule has 0 aliphatic rings. The molecule has 0 unspecified atom stereocenters. The number of hydrogen-bond acceptors (Lipinski definition) is 4. The molecule has 0 aliphatic heterocycles. The lowest BCUT2D eigenvalue weighted by molar-refractivity contribution is -0.123. The van der Waals surface area contributed by atoms with Gasteiger partial charge in [0.1, 0.15) is 5.75 Å². The maximum atomic E-state index is 11.9. The normalized spacial score (nSPS) is 11.5. The summed E-state index contributed by atoms with van der Waals surface area (Å²) in [4.78, 5) is 14.1. The second kappa shape index (κ2) is 7.27. The summed E-state index contributed by atoms with van der Waals surface area (Å²) in [5.74, 6) is 0.384. The van der Waals surface area contributed by atoms with Gasteiger partial charge in [-0.1, -0.05) is 30.3 Å². The van der Waals surface area contributed by atoms with Gasteiger partial charge in [-0.3, -0.25) is 4.79 Å². The van der Waals surface area contributed by atoms with Gasteiger partial charge in [-0.2, -0.15) is 5.10 Å². The molecule has 1 N–H and O–H groups in total. The van der Waals surface area contributed by atoms with Gasteiger partial charge in [-0.25, -0.2) is 5.43 Å². The van der Waals surface area contributed by atoms with Crippen LogP contribution in [0, 0.1) is 6.92 Å². The highest BCUT2D eigenvalue weighted by Gasteiger charge is 2.05. The van der Waals surface area contributed by atoms with Crippen LogP contribution in [-0.2, 0) is 4.79 Å². The summed E-state index contributed by atoms with van der Waals surface area (Å²) in [6.07, 6.45) is 0. The minimum absolute atomic E-state index is 0.0708. The lowest BCUT2D eigenvalue weighted by Crippen LogP contribution is -2.25. The van der Waals surface area contributed by atoms with E-state index in [4.69, 9.17) is 4.74 Å². The maximum Gasteiger partial charge on any atom is 0.277 e. The number of carbonyl (C=O) groups is 1. The lowest BCUT2D eigenvalue weighted by atomic mass is 10.1. The van der Waals surface area contributed by atoms with Crippen LogP contribution in [0.4, 0.5) is 0 Å². The molecule has 1 heterocycles. The van der Waals surface area contributed by atoms with E-state index in [9.17, 15) is 4.79 Å². The molecule has 0 bridgehead atoms. The first-order valence-electron chi connectivity index (χ1n) is 7.63. The van der Waals surface area contributed by atoms with Gasteiger partial charge in [0.25, 0.3) is 5.91 Å². The van der Waals surface area contributed by atoms with Crippen LogP contribution in [-0.4, -0.2) is 18.2 Å². The predicted octanol–water partition coefficient (Wildman–Crippen LogP) is 4.13. The van der Waals surface area contributed by atoms with E-state index in [0.29, 0.717) is 5.75 Å². The number of carbonyl (C=O) groups excluding carboxylic acids is 1. The third kappa shape index (κ3) is 4.00. The van der Waals surface area contributed by atoms with Crippen LogP contribution < -0.4 is 10.2 Å². The first kappa shape index (κ1) is 16.2. The molecule has 0 saturated carbocycles. The number of aryl methyl sites for hydroxylation is 1. The van der Waals surface area contributed by atoms with Crippen molar-refractivity contribution in [1.82, 2.24) is 5.43 Å². The van der Waals surface area contributed by atoms with Gasteiger partial charge in [0.15, 0.2) is 6.61 Å². The van der Waals surface area contributed by atoms with Crippen molar-refractivity contribution in [3.8, 4) is 5.75 Å². The molecule has 3 aromatic rings. The highest BCUT2D eigenvalue weighted by atomic mass is 32.1. The van der Waals surface area contributed by atoms with Crippen LogP contribution in [0.3, 0.4) is 0 Å². The van der Waals surface area contributed by atoms with Crippen molar-refractivity contribution in [2.75, 3.05) is 6.61 Å². The van der Waals surface area contributed by atoms with Crippen molar-refractivity contribution in [3.05, 3.63) is 64.4 Å². The summed E-state index contributed by atoms with van der Waals surface area (Å²) < 4.78 is 5.54. The number of hydrazone groups is 1. The smallest absolute Gasteiger partial charge is 0.277 e. The Bertz CT molecular complexity index is 899. The van der Waals surface area contributed by atoms with Gasteiger partial charge in [0, 0.05) is 4.88 Å². The minimum Gasteiger partial charge on any atom is -0.484 e. The fraction of sp³-hybridized carbons (Fsp3) is 0.158. The second-order valence-electron chi connectivity index (χ2n) is 5.44. The van der Waals surface area contributed by atoms with Crippen LogP contribution in [0.2, 0.25) is 0 Å². The van der Waals surface area contributed by atoms with Crippen molar-refractivity contribution in [1.29, 1.82) is 0 Å². The number of amides is 1. The standard InChI is InChI=1S/C19H18N2O2S/c1-13-7-10-18(24-13)14(2)20-21-19(22)12-23-17-9-8-15-5-3-4-6-16(15)11-17/h3-11H,12H2,1-2H3,(H,21,22)/b20-14+. The minimum atomic E-state index is -0.282. The van der Waals surface area contributed by atoms with E-state index in [1.165, 1.54) is 4.88 Å². The lowest BCUT2D eigenvalue weighted by Gasteiger charge is -2.06. The van der Waals surface area contributed by atoms with Crippen LogP contribution in [0.1, 0.15) is 16.7 Å². The molecule has 122 valence electrons. The highest BCUT2D eigenvalue weighted by Crippen LogP contribution is 2.20. The number of hydrogen-bond donors (Lipinski definition) is 1. The fourth-order valence-corrected chi connectivity index (χ4v) is 3.08. The molecule has 0 fully saturated rings. The SMILES string of the molecule is C/C(=N\NC(=O)COc1ccc2ccccc2c1)c1ccc(C)s1. The van der Waals surface area contributed by atoms with E-state index in [1.54, 1.807) is 11.3 Å². The molecule has 0 saturated heterocycles. The van der Waals surface area contributed by atoms with Crippen molar-refractivity contribution < 1.29 is 9.53 Å². The molecule has 0 spiro atoms. The molecular formula is C19H18N2O2S. The number of benzene rings is 2. The second-order valence-corrected chi connectivity index (χ2v) is 6.73. The summed E-state index contributed by atoms with van der Waals surface area (Å²) in [5, 5.41) is 6.34. The molecule has 4 nitrogen and oxygen atoms in total. The monoisotopic (exact) mass is 338 g/mol. The quantitative estimate of drug-likeness (QED) is 0.562. The van der Waals surface area contributed by atoms with Crippen LogP contribution in [0.5, 0.6) is 5.75 Å². The molecule has 1 amide bonds. The van der Waals surface area contributed by atoms with Gasteiger partial charge in [0.05, 0.1) is 10.6 Å². The maximum absolute atomic E-state index is 11.9. The molecule has 5 heteroatoms. The molecule has 24 heavy (non-hydrogen) atoms. The Kier molecular flexibility index (Phi) is 4.91. The van der Waals surface area contributed by atoms with Gasteiger partial charge in [0.2, 0.25) is 0 Å². The van der Waals surface area contributed by atoms with Gasteiger partial charge in [-0.05, 0) is 48.9 Å². The molecule has 0 radical (unpaired) electrons. The Morgan fingerprint density at radius 2 is 1.92 bits per heavy atom. The molecule has 1 aromatic heterocycles. The summed E-state index contributed by atoms with van der Waals surface area (Å²) in [5.41, 5.74) is 3.31. The number of ether oxygens (including phenoxy) is 1. The zero-order valence-electron chi connectivity index (χ0n) is 13.6. The van der Waals surface area contributed by atoms with Crippen molar-refractivity contribution in [2.24, 2.45) is 5.10 Å². The van der Waals surface area contributed by atoms with E-state index in [1.807, 2.05) is 68.4 Å². The molecule has 0 atom stereocenters. The fourth-order valence-electron chi connectivity index (χ4n) is 2.27. The number of nitrogens with one attached hydrogen (secondary N) is 1. The van der Waals surface area contributed by atoms with Crippen LogP contribution >= 0.6 is 11.3 Å². The number of thiophene rings is 1. The first-order valence-corrected chi connectivity index (χ1v) is 8.45. The Morgan fingerprint density at radius 1 is 1.12 bits per heavy atom. The molecular weight excluding hydrogens is 320 g/mol. The van der Waals surface area contributed by atoms with Gasteiger partial charge >= 0.3 is 0 Å². The number of fused-ring (bicyclic) bond motifs is 1. The number of rotatable bonds is 5. The Balaban J connectivity index is 1.56. The Hall–Kier alpha value is -2.66. The largest absolute Gasteiger partial charge is 0.484 e. The van der Waals surface area contributed by atoms with Crippen LogP contribution in [0.15, 0.2) is 59.7 Å². The predicted molar refractivity (Wildman–Crippen MR) is 98.9 cm³/mol. The van der Waals surface area contributed by atoms with Crippen molar-refractivity contribution in [2.45, 2.75) is 13.8 Å². The van der Waals surface area contributed by atoms with Gasteiger partial charge in [-0.15, -0.1) is 11.3 Å². The van der Waals surface area contributed by atoms with Crippen molar-refractivity contribution >= 4 is 33.7 Å². The average molecular weight is 338 g/mol. The third-order valence-corrected chi connectivity index (χ3v) is 4.65. The van der Waals surface area contributed by atoms with E-state index >= 15 is 0 Å². The molecule has 2 aromatic carbocycles. The van der Waals surface area contributed by atoms with E-state index in [0.717, 1.165) is 21.4 Å². The van der Waals surface area contributed by atoms with Gasteiger partial charge < -0.3 is 4.74 Å². The number of nitrogens with zero attached hydrogens (tertiary/aromatic N) is 1. The molecule has 3 rings (SSSR count). The summed E-state index contributed by atoms with van der Waals surface area (Å²) in [6, 6.07) is 17.8. The van der Waals surface area contributed by atoms with E-state index < -0.39 is 0 Å². The van der Waals surface area contributed by atoms with Crippen molar-refractivity contribution in [3.63, 3.8) is 0 Å². The zero-order chi connectivity index (χ0) is 16.9. The third-order valence-electron chi connectivity index (χ3n) is 3.54. The Labute approximate surface area is 144 Å². The van der Waals surface area contributed by atoms with E-state index in [2.05, 4.69) is 10.5 Å². The zero-order valence-corrected chi connectivity index (χ0v) is 14.4. The van der Waals surface area contributed by atoms with Crippen LogP contribution in [0.25, 0.3) is 10.8 Å². The summed E-state index contributed by atoms with van der Waals surface area (Å²) in [7, 11) is 0.